The van der Waals surface area contributed by atoms with Gasteiger partial charge in [0.25, 0.3) is 5.91 Å². The summed E-state index contributed by atoms with van der Waals surface area (Å²) < 4.78 is 6.49. The molecule has 0 aliphatic heterocycles. The monoisotopic (exact) mass is 565 g/mol. The van der Waals surface area contributed by atoms with Gasteiger partial charge in [0.1, 0.15) is 6.04 Å². The number of hydrogen-bond acceptors (Lipinski definition) is 5. The Balaban J connectivity index is 0.00000400. The predicted molar refractivity (Wildman–Crippen MR) is 162 cm³/mol. The Morgan fingerprint density at radius 2 is 1.87 bits per heavy atom. The van der Waals surface area contributed by atoms with Gasteiger partial charge in [0, 0.05) is 11.3 Å². The van der Waals surface area contributed by atoms with Gasteiger partial charge in [-0.3, -0.25) is 4.79 Å². The molecule has 0 aromatic heterocycles. The zero-order valence-electron chi connectivity index (χ0n) is 25.0. The summed E-state index contributed by atoms with van der Waals surface area (Å²) in [5, 5.41) is 12.4. The molecule has 2 unspecified atom stereocenters. The van der Waals surface area contributed by atoms with E-state index in [0.29, 0.717) is 24.3 Å². The van der Waals surface area contributed by atoms with Crippen molar-refractivity contribution >= 4 is 35.4 Å². The van der Waals surface area contributed by atoms with Gasteiger partial charge in [-0.25, -0.2) is 4.79 Å². The Morgan fingerprint density at radius 3 is 2.54 bits per heavy atom. The van der Waals surface area contributed by atoms with Gasteiger partial charge in [-0.2, -0.15) is 23.5 Å². The quantitative estimate of drug-likeness (QED) is 0.313. The number of rotatable bonds is 15. The molecule has 5 nitrogen and oxygen atoms in total. The predicted octanol–water partition coefficient (Wildman–Crippen LogP) is 4.32. The molecular weight excluding hydrogens is 521 g/mol. The first kappa shape index (κ1) is 33.8. The van der Waals surface area contributed by atoms with Crippen LogP contribution in [-0.4, -0.2) is 52.6 Å². The fourth-order valence-corrected chi connectivity index (χ4v) is 6.35. The fourth-order valence-electron chi connectivity index (χ4n) is 5.15. The number of aryl methyl sites for hydroxylation is 1. The van der Waals surface area contributed by atoms with E-state index in [1.165, 1.54) is 32.1 Å². The van der Waals surface area contributed by atoms with E-state index in [2.05, 4.69) is 12.2 Å². The average molecular weight is 566 g/mol. The second-order valence-electron chi connectivity index (χ2n) is 10.2. The molecule has 2 aromatic rings. The number of nitrogens with one attached hydrogen (secondary N) is 1. The van der Waals surface area contributed by atoms with Crippen molar-refractivity contribution < 1.29 is 39.7 Å². The van der Waals surface area contributed by atoms with Crippen LogP contribution in [0.5, 0.6) is 0 Å². The van der Waals surface area contributed by atoms with Crippen LogP contribution in [0.4, 0.5) is 0 Å². The molecule has 0 spiro atoms. The Kier molecular flexibility index (Phi) is 15.7. The number of benzene rings is 2. The van der Waals surface area contributed by atoms with Crippen LogP contribution in [0.1, 0.15) is 74.8 Å². The van der Waals surface area contributed by atoms with Crippen molar-refractivity contribution in [2.45, 2.75) is 77.5 Å². The van der Waals surface area contributed by atoms with E-state index < -0.39 is 12.0 Å². The Bertz CT molecular complexity index is 1050. The molecule has 0 saturated heterocycles. The first-order valence-corrected chi connectivity index (χ1v) is 16.4. The summed E-state index contributed by atoms with van der Waals surface area (Å²) >= 11 is 3.50. The molecule has 1 amide bonds. The van der Waals surface area contributed by atoms with Gasteiger partial charge in [0.15, 0.2) is 0 Å². The number of ether oxygens (including phenoxy) is 1. The normalized spacial score (nSPS) is 15.3. The molecule has 2 N–H and O–H groups in total. The van der Waals surface area contributed by atoms with Crippen LogP contribution >= 0.6 is 23.5 Å². The van der Waals surface area contributed by atoms with Gasteiger partial charge in [-0.15, -0.1) is 0 Å². The largest absolute Gasteiger partial charge is 1.00 e. The van der Waals surface area contributed by atoms with Gasteiger partial charge in [0.05, 0.1) is 12.7 Å². The molecule has 1 aliphatic rings. The molecule has 39 heavy (non-hydrogen) atoms. The van der Waals surface area contributed by atoms with Crippen LogP contribution < -0.4 is 24.2 Å². The van der Waals surface area contributed by atoms with Crippen molar-refractivity contribution in [3.05, 3.63) is 59.2 Å². The van der Waals surface area contributed by atoms with E-state index in [4.69, 9.17) is 4.74 Å². The van der Waals surface area contributed by atoms with Crippen molar-refractivity contribution in [1.29, 1.82) is 0 Å². The maximum Gasteiger partial charge on any atom is 1.00 e. The summed E-state index contributed by atoms with van der Waals surface area (Å²) in [7, 11) is 0. The van der Waals surface area contributed by atoms with Crippen molar-refractivity contribution in [3.63, 3.8) is 0 Å². The number of aliphatic carboxylic acids is 1. The molecule has 0 radical (unpaired) electrons. The van der Waals surface area contributed by atoms with Crippen molar-refractivity contribution in [3.8, 4) is 11.1 Å². The smallest absolute Gasteiger partial charge is 1.00 e. The molecule has 2 atom stereocenters. The Hall–Kier alpha value is -1.36. The zero-order valence-corrected chi connectivity index (χ0v) is 25.7. The maximum atomic E-state index is 13.3. The fraction of sp³-hybridized carbons (Fsp3) is 0.548. The molecule has 0 heterocycles. The standard InChI is InChI=1S/C31H43NO4S2.Li.H/c1-4-38-21-25(18-23-11-6-5-7-12-23)36-20-24-14-15-27(28(19-24)26-13-9-8-10-22(26)2)30(33)32-29(31(34)35)16-17-37-3;;/h8-10,13-15,19,23,25,29H,4-7,11-12,16-18,20-21H2,1-3H3,(H,32,33)(H,34,35);;/q;+1;-1. The van der Waals surface area contributed by atoms with Crippen LogP contribution in [-0.2, 0) is 16.1 Å². The van der Waals surface area contributed by atoms with E-state index in [1.54, 1.807) is 11.8 Å². The number of thioether (sulfide) groups is 2. The first-order chi connectivity index (χ1) is 18.4. The Morgan fingerprint density at radius 1 is 1.13 bits per heavy atom. The molecule has 1 saturated carbocycles. The van der Waals surface area contributed by atoms with E-state index in [9.17, 15) is 14.7 Å². The van der Waals surface area contributed by atoms with E-state index in [1.807, 2.05) is 67.4 Å². The van der Waals surface area contributed by atoms with Gasteiger partial charge in [0.2, 0.25) is 0 Å². The third kappa shape index (κ3) is 10.9. The summed E-state index contributed by atoms with van der Waals surface area (Å²) in [6, 6.07) is 12.9. The van der Waals surface area contributed by atoms with E-state index in [-0.39, 0.29) is 32.3 Å². The van der Waals surface area contributed by atoms with Crippen molar-refractivity contribution in [1.82, 2.24) is 5.32 Å². The molecule has 0 bridgehead atoms. The summed E-state index contributed by atoms with van der Waals surface area (Å²) in [6.07, 6.45) is 10.3. The molecule has 8 heteroatoms. The molecule has 2 aromatic carbocycles. The van der Waals surface area contributed by atoms with Crippen LogP contribution in [0.3, 0.4) is 0 Å². The SMILES string of the molecule is CCSCC(CC1CCCCC1)OCc1ccc(C(=O)NC(CCSC)C(=O)O)c(-c2ccccc2C)c1.[H-].[Li+]. The summed E-state index contributed by atoms with van der Waals surface area (Å²) in [5.74, 6) is 2.14. The number of amides is 1. The van der Waals surface area contributed by atoms with E-state index >= 15 is 0 Å². The topological polar surface area (TPSA) is 75.6 Å². The summed E-state index contributed by atoms with van der Waals surface area (Å²) in [6.45, 7) is 4.71. The van der Waals surface area contributed by atoms with Crippen LogP contribution in [0, 0.1) is 12.8 Å². The second-order valence-corrected chi connectivity index (χ2v) is 12.5. The third-order valence-electron chi connectivity index (χ3n) is 7.29. The molecule has 1 fully saturated rings. The molecular formula is C31H44LiNO4S2. The second kappa shape index (κ2) is 18.1. The van der Waals surface area contributed by atoms with Crippen LogP contribution in [0.25, 0.3) is 11.1 Å². The number of carbonyl (C=O) groups is 2. The number of carboxylic acids is 1. The van der Waals surface area contributed by atoms with Crippen molar-refractivity contribution in [2.24, 2.45) is 5.92 Å². The number of hydrogen-bond donors (Lipinski definition) is 2. The van der Waals surface area contributed by atoms with Gasteiger partial charge in [-0.05, 0) is 77.8 Å². The first-order valence-electron chi connectivity index (χ1n) is 13.8. The molecule has 1 aliphatic carbocycles. The Labute approximate surface area is 256 Å². The maximum absolute atomic E-state index is 13.3. The minimum atomic E-state index is -1.01. The van der Waals surface area contributed by atoms with Gasteiger partial charge in [-0.1, -0.05) is 69.4 Å². The third-order valence-corrected chi connectivity index (χ3v) is 8.95. The zero-order chi connectivity index (χ0) is 27.3. The summed E-state index contributed by atoms with van der Waals surface area (Å²) in [4.78, 5) is 25.1. The number of carbonyl (C=O) groups excluding carboxylic acids is 1. The van der Waals surface area contributed by atoms with Crippen LogP contribution in [0.15, 0.2) is 42.5 Å². The van der Waals surface area contributed by atoms with Crippen LogP contribution in [0.2, 0.25) is 0 Å². The summed E-state index contributed by atoms with van der Waals surface area (Å²) in [5.41, 5.74) is 4.34. The minimum Gasteiger partial charge on any atom is -1.00 e. The average Bonchev–Trinajstić information content (AvgIpc) is 2.93. The molecule has 3 rings (SSSR count). The van der Waals surface area contributed by atoms with Crippen molar-refractivity contribution in [2.75, 3.05) is 23.5 Å². The molecule has 210 valence electrons. The van der Waals surface area contributed by atoms with E-state index in [0.717, 1.165) is 46.1 Å². The van der Waals surface area contributed by atoms with Gasteiger partial charge >= 0.3 is 24.8 Å². The van der Waals surface area contributed by atoms with Gasteiger partial charge < -0.3 is 16.6 Å². The number of carboxylic acid groups (broad SMARTS) is 1. The minimum absolute atomic E-state index is 0.